The van der Waals surface area contributed by atoms with Crippen molar-refractivity contribution in [3.8, 4) is 0 Å². The largest absolute Gasteiger partial charge is 0.390 e. The summed E-state index contributed by atoms with van der Waals surface area (Å²) in [7, 11) is 4.03. The number of aliphatic hydroxyl groups is 2. The molecule has 8 rings (SSSR count). The molecule has 184 valence electrons. The Morgan fingerprint density at radius 1 is 1.14 bits per heavy atom. The highest BCUT2D eigenvalue weighted by Crippen LogP contribution is 2.81. The number of aliphatic hydroxyl groups excluding tert-OH is 2. The van der Waals surface area contributed by atoms with Crippen LogP contribution in [0.15, 0.2) is 42.1 Å². The van der Waals surface area contributed by atoms with Crippen LogP contribution in [0.1, 0.15) is 51.0 Å². The van der Waals surface area contributed by atoms with E-state index in [4.69, 9.17) is 4.74 Å². The highest BCUT2D eigenvalue weighted by atomic mass is 16.5. The highest BCUT2D eigenvalue weighted by Gasteiger charge is 2.84. The van der Waals surface area contributed by atoms with Crippen molar-refractivity contribution in [2.75, 3.05) is 14.1 Å². The summed E-state index contributed by atoms with van der Waals surface area (Å²) in [6.45, 7) is 2.45. The Kier molecular flexibility index (Phi) is 3.79. The second-order valence-corrected chi connectivity index (χ2v) is 12.8. The molecule has 3 heterocycles. The number of hydrogen-bond donors (Lipinski definition) is 3. The van der Waals surface area contributed by atoms with Gasteiger partial charge in [-0.1, -0.05) is 31.2 Å². The Bertz CT molecular complexity index is 1330. The van der Waals surface area contributed by atoms with Crippen LogP contribution in [0, 0.1) is 22.7 Å². The predicted molar refractivity (Wildman–Crippen MR) is 133 cm³/mol. The Hall–Kier alpha value is -1.99. The molecule has 3 N–H and O–H groups in total. The van der Waals surface area contributed by atoms with Crippen LogP contribution in [0.25, 0.3) is 16.5 Å². The van der Waals surface area contributed by atoms with Crippen molar-refractivity contribution >= 4 is 16.5 Å². The molecule has 2 aliphatic heterocycles. The fourth-order valence-electron chi connectivity index (χ4n) is 9.74. The van der Waals surface area contributed by atoms with Gasteiger partial charge in [0.1, 0.15) is 0 Å². The maximum absolute atomic E-state index is 11.5. The molecule has 0 radical (unpaired) electrons. The van der Waals surface area contributed by atoms with Crippen LogP contribution in [0.3, 0.4) is 0 Å². The number of fused-ring (bicyclic) bond motifs is 3. The van der Waals surface area contributed by atoms with Crippen LogP contribution in [-0.4, -0.2) is 68.9 Å². The Morgan fingerprint density at radius 3 is 2.83 bits per heavy atom. The summed E-state index contributed by atoms with van der Waals surface area (Å²) < 4.78 is 7.43. The summed E-state index contributed by atoms with van der Waals surface area (Å²) >= 11 is 0. The molecule has 35 heavy (non-hydrogen) atoms. The molecule has 2 saturated carbocycles. The normalized spacial score (nSPS) is 49.3. The molecule has 2 bridgehead atoms. The summed E-state index contributed by atoms with van der Waals surface area (Å²) in [5.74, 6) is 0.753. The summed E-state index contributed by atoms with van der Waals surface area (Å²) in [5, 5.41) is 31.1. The summed E-state index contributed by atoms with van der Waals surface area (Å²) in [5.41, 5.74) is 4.39. The monoisotopic (exact) mass is 473 g/mol. The van der Waals surface area contributed by atoms with E-state index in [0.29, 0.717) is 11.8 Å². The first-order valence-corrected chi connectivity index (χ1v) is 13.3. The fourth-order valence-corrected chi connectivity index (χ4v) is 9.74. The van der Waals surface area contributed by atoms with Gasteiger partial charge in [0.15, 0.2) is 0 Å². The third-order valence-electron chi connectivity index (χ3n) is 11.4. The van der Waals surface area contributed by atoms with Crippen LogP contribution >= 0.6 is 0 Å². The third-order valence-corrected chi connectivity index (χ3v) is 11.4. The number of rotatable bonds is 2. The molecular formula is C29H35N3O3. The van der Waals surface area contributed by atoms with Gasteiger partial charge in [0.05, 0.1) is 35.1 Å². The summed E-state index contributed by atoms with van der Waals surface area (Å²) in [6, 6.07) is 6.59. The SMILES string of the molecule is CN(C)[C@H]1C[C@@]23CC[C@@]4(O2)C(=CC[C@]2(C)C(c5ccc6cn[nH]c6c5)=CCC24)C2CC23[C@@H](O)[C@@H]1O. The topological polar surface area (TPSA) is 81.6 Å². The molecule has 6 aliphatic rings. The lowest BCUT2D eigenvalue weighted by Gasteiger charge is -2.59. The second kappa shape index (κ2) is 6.28. The molecule has 1 aromatic heterocycles. The van der Waals surface area contributed by atoms with Crippen LogP contribution < -0.4 is 0 Å². The number of likely N-dealkylation sites (N-methyl/N-ethyl adjacent to an activating group) is 1. The van der Waals surface area contributed by atoms with Gasteiger partial charge < -0.3 is 19.8 Å². The number of aromatic amines is 1. The van der Waals surface area contributed by atoms with E-state index in [1.165, 1.54) is 16.7 Å². The van der Waals surface area contributed by atoms with E-state index in [-0.39, 0.29) is 28.1 Å². The third kappa shape index (κ3) is 2.22. The van der Waals surface area contributed by atoms with Gasteiger partial charge in [0.25, 0.3) is 0 Å². The minimum atomic E-state index is -0.725. The fraction of sp³-hybridized carbons (Fsp3) is 0.621. The molecule has 3 spiro atoms. The van der Waals surface area contributed by atoms with Gasteiger partial charge >= 0.3 is 0 Å². The van der Waals surface area contributed by atoms with Crippen molar-refractivity contribution in [1.29, 1.82) is 0 Å². The molecule has 3 unspecified atom stereocenters. The maximum atomic E-state index is 11.5. The number of ether oxygens (including phenoxy) is 1. The second-order valence-electron chi connectivity index (χ2n) is 12.8. The molecule has 6 heteroatoms. The van der Waals surface area contributed by atoms with Crippen LogP contribution in [0.5, 0.6) is 0 Å². The van der Waals surface area contributed by atoms with Gasteiger partial charge in [0.2, 0.25) is 0 Å². The number of benzene rings is 1. The van der Waals surface area contributed by atoms with Crippen molar-refractivity contribution < 1.29 is 14.9 Å². The van der Waals surface area contributed by atoms with E-state index in [9.17, 15) is 10.2 Å². The molecule has 4 aliphatic carbocycles. The zero-order chi connectivity index (χ0) is 24.0. The van der Waals surface area contributed by atoms with E-state index < -0.39 is 12.2 Å². The van der Waals surface area contributed by atoms with Gasteiger partial charge in [-0.15, -0.1) is 0 Å². The number of hydrogen-bond acceptors (Lipinski definition) is 5. The lowest BCUT2D eigenvalue weighted by atomic mass is 9.57. The van der Waals surface area contributed by atoms with Crippen LogP contribution in [0.4, 0.5) is 0 Å². The highest BCUT2D eigenvalue weighted by molar-refractivity contribution is 5.84. The van der Waals surface area contributed by atoms with Crippen molar-refractivity contribution in [3.63, 3.8) is 0 Å². The van der Waals surface area contributed by atoms with Gasteiger partial charge in [-0.25, -0.2) is 0 Å². The van der Waals surface area contributed by atoms with Crippen LogP contribution in [-0.2, 0) is 4.74 Å². The molecule has 6 nitrogen and oxygen atoms in total. The van der Waals surface area contributed by atoms with Crippen LogP contribution in [0.2, 0.25) is 0 Å². The average molecular weight is 474 g/mol. The van der Waals surface area contributed by atoms with Gasteiger partial charge in [-0.05, 0) is 81.3 Å². The van der Waals surface area contributed by atoms with Crippen molar-refractivity contribution in [1.82, 2.24) is 15.1 Å². The Labute approximate surface area is 206 Å². The number of allylic oxidation sites excluding steroid dienone is 3. The molecular weight excluding hydrogens is 438 g/mol. The van der Waals surface area contributed by atoms with Crippen molar-refractivity contribution in [2.24, 2.45) is 22.7 Å². The zero-order valence-corrected chi connectivity index (χ0v) is 20.8. The number of nitrogens with zero attached hydrogens (tertiary/aromatic N) is 2. The summed E-state index contributed by atoms with van der Waals surface area (Å²) in [4.78, 5) is 2.08. The lowest BCUT2D eigenvalue weighted by molar-refractivity contribution is -0.248. The van der Waals surface area contributed by atoms with E-state index in [0.717, 1.165) is 49.4 Å². The molecule has 0 amide bonds. The summed E-state index contributed by atoms with van der Waals surface area (Å²) in [6.07, 6.45) is 11.2. The smallest absolute Gasteiger partial charge is 0.0961 e. The molecule has 4 fully saturated rings. The molecule has 2 aromatic rings. The predicted octanol–water partition coefficient (Wildman–Crippen LogP) is 3.67. The molecule has 2 saturated heterocycles. The minimum absolute atomic E-state index is 0.0192. The molecule has 1 aromatic carbocycles. The quantitative estimate of drug-likeness (QED) is 0.580. The number of nitrogens with one attached hydrogen (secondary N) is 1. The van der Waals surface area contributed by atoms with Crippen molar-refractivity contribution in [3.05, 3.63) is 47.7 Å². The average Bonchev–Trinajstić information content (AvgIpc) is 3.11. The standard InChI is InChI=1S/C29H35N3O3/c1-26-9-8-19-20-13-28(20)25(34)24(33)22(32(2)3)14-27(28)10-11-29(19,35-27)23(26)7-6-18(26)16-4-5-17-15-30-31-21(17)12-16/h4-6,8,12,15,20,22-25,33-34H,7,9-11,13-14H2,1-3H3,(H,30,31)/t20?,22-,23?,24+,25-,26+,27+,28?,29+/m0/s1. The molecule has 9 atom stereocenters. The van der Waals surface area contributed by atoms with E-state index in [2.05, 4.69) is 52.4 Å². The van der Waals surface area contributed by atoms with Crippen molar-refractivity contribution in [2.45, 2.75) is 74.9 Å². The van der Waals surface area contributed by atoms with Gasteiger partial charge in [0, 0.05) is 28.2 Å². The minimum Gasteiger partial charge on any atom is -0.390 e. The zero-order valence-electron chi connectivity index (χ0n) is 20.8. The first kappa shape index (κ1) is 21.1. The first-order valence-electron chi connectivity index (χ1n) is 13.3. The lowest BCUT2D eigenvalue weighted by Crippen LogP contribution is -2.67. The number of H-pyrrole nitrogens is 1. The Morgan fingerprint density at radius 2 is 2.00 bits per heavy atom. The van der Waals surface area contributed by atoms with Gasteiger partial charge in [-0.2, -0.15) is 5.10 Å². The first-order chi connectivity index (χ1) is 16.8. The van der Waals surface area contributed by atoms with E-state index in [1.807, 2.05) is 20.3 Å². The van der Waals surface area contributed by atoms with Gasteiger partial charge in [-0.3, -0.25) is 5.10 Å². The van der Waals surface area contributed by atoms with E-state index >= 15 is 0 Å². The Balaban J connectivity index is 1.22. The number of aromatic nitrogens is 2. The maximum Gasteiger partial charge on any atom is 0.0961 e. The van der Waals surface area contributed by atoms with E-state index in [1.54, 1.807) is 0 Å².